The van der Waals surface area contributed by atoms with Gasteiger partial charge in [0.2, 0.25) is 0 Å². The lowest BCUT2D eigenvalue weighted by molar-refractivity contribution is -0.158. The van der Waals surface area contributed by atoms with Gasteiger partial charge < -0.3 is 5.11 Å². The molecule has 0 bridgehead atoms. The Bertz CT molecular complexity index is 524. The Labute approximate surface area is 141 Å². The van der Waals surface area contributed by atoms with Gasteiger partial charge in [0.25, 0.3) is 0 Å². The average Bonchev–Trinajstić information content (AvgIpc) is 2.71. The normalized spacial score (nSPS) is 59.2. The first-order valence-corrected chi connectivity index (χ1v) is 9.94. The predicted molar refractivity (Wildman–Crippen MR) is 91.9 cm³/mol. The molecule has 4 saturated carbocycles. The Morgan fingerprint density at radius 3 is 2.43 bits per heavy atom. The average molecular weight is 319 g/mol. The number of Topliss-reactive ketones (excluding diaryl/α,β-unsaturated/α-hetero) is 1. The van der Waals surface area contributed by atoms with E-state index in [4.69, 9.17) is 0 Å². The third kappa shape index (κ3) is 2.00. The van der Waals surface area contributed by atoms with E-state index in [2.05, 4.69) is 27.7 Å². The highest BCUT2D eigenvalue weighted by Gasteiger charge is 2.63. The molecule has 8 atom stereocenters. The lowest BCUT2D eigenvalue weighted by Crippen LogP contribution is -2.56. The SMILES string of the molecule is CC1C[C@@]2(C)C(CC[C@@H]3[C@H]2CC[C@@]2(C)[C@H]3CCC2(C)O)CC1=O. The molecule has 4 aliphatic rings. The molecule has 4 rings (SSSR count). The predicted octanol–water partition coefficient (Wildman–Crippen LogP) is 4.60. The second kappa shape index (κ2) is 4.84. The maximum Gasteiger partial charge on any atom is 0.136 e. The minimum Gasteiger partial charge on any atom is -0.390 e. The van der Waals surface area contributed by atoms with Crippen LogP contribution in [0, 0.1) is 40.4 Å². The van der Waals surface area contributed by atoms with Gasteiger partial charge in [-0.2, -0.15) is 0 Å². The van der Waals surface area contributed by atoms with Gasteiger partial charge in [-0.3, -0.25) is 4.79 Å². The van der Waals surface area contributed by atoms with Gasteiger partial charge >= 0.3 is 0 Å². The zero-order chi connectivity index (χ0) is 16.6. The number of ketones is 1. The third-order valence-corrected chi connectivity index (χ3v) is 9.37. The van der Waals surface area contributed by atoms with Crippen LogP contribution in [-0.2, 0) is 4.79 Å². The van der Waals surface area contributed by atoms with Crippen LogP contribution in [0.4, 0.5) is 0 Å². The first-order valence-electron chi connectivity index (χ1n) is 9.94. The quantitative estimate of drug-likeness (QED) is 0.709. The van der Waals surface area contributed by atoms with Crippen molar-refractivity contribution >= 4 is 5.78 Å². The molecule has 130 valence electrons. The van der Waals surface area contributed by atoms with E-state index in [-0.39, 0.29) is 11.3 Å². The molecule has 4 fully saturated rings. The van der Waals surface area contributed by atoms with Crippen LogP contribution in [0.5, 0.6) is 0 Å². The summed E-state index contributed by atoms with van der Waals surface area (Å²) in [4.78, 5) is 12.2. The summed E-state index contributed by atoms with van der Waals surface area (Å²) >= 11 is 0. The Balaban J connectivity index is 1.66. The van der Waals surface area contributed by atoms with E-state index in [1.54, 1.807) is 0 Å². The van der Waals surface area contributed by atoms with E-state index in [0.29, 0.717) is 23.0 Å². The second-order valence-corrected chi connectivity index (χ2v) is 10.2. The highest BCUT2D eigenvalue weighted by molar-refractivity contribution is 5.82. The van der Waals surface area contributed by atoms with Crippen molar-refractivity contribution < 1.29 is 9.90 Å². The van der Waals surface area contributed by atoms with Crippen molar-refractivity contribution in [1.29, 1.82) is 0 Å². The minimum absolute atomic E-state index is 0.119. The van der Waals surface area contributed by atoms with Gasteiger partial charge in [0.05, 0.1) is 5.60 Å². The molecule has 4 aliphatic carbocycles. The maximum atomic E-state index is 12.2. The summed E-state index contributed by atoms with van der Waals surface area (Å²) in [6, 6.07) is 0. The zero-order valence-electron chi connectivity index (χ0n) is 15.4. The topological polar surface area (TPSA) is 37.3 Å². The zero-order valence-corrected chi connectivity index (χ0v) is 15.4. The fourth-order valence-electron chi connectivity index (χ4n) is 7.65. The Morgan fingerprint density at radius 2 is 1.70 bits per heavy atom. The molecule has 2 heteroatoms. The Hall–Kier alpha value is -0.370. The third-order valence-electron chi connectivity index (χ3n) is 9.37. The van der Waals surface area contributed by atoms with E-state index < -0.39 is 5.60 Å². The van der Waals surface area contributed by atoms with Crippen molar-refractivity contribution in [3.05, 3.63) is 0 Å². The van der Waals surface area contributed by atoms with Crippen molar-refractivity contribution in [2.75, 3.05) is 0 Å². The summed E-state index contributed by atoms with van der Waals surface area (Å²) in [7, 11) is 0. The number of fused-ring (bicyclic) bond motifs is 5. The minimum atomic E-state index is -0.476. The number of carbonyl (C=O) groups excluding carboxylic acids is 1. The second-order valence-electron chi connectivity index (χ2n) is 10.2. The molecule has 0 aromatic rings. The molecular formula is C21H34O2. The summed E-state index contributed by atoms with van der Waals surface area (Å²) in [5.41, 5.74) is 0.00962. The monoisotopic (exact) mass is 318 g/mol. The Kier molecular flexibility index (Phi) is 3.39. The number of aliphatic hydroxyl groups is 1. The van der Waals surface area contributed by atoms with E-state index in [9.17, 15) is 9.90 Å². The van der Waals surface area contributed by atoms with Gasteiger partial charge in [0.1, 0.15) is 5.78 Å². The van der Waals surface area contributed by atoms with Gasteiger partial charge in [-0.05, 0) is 86.4 Å². The fourth-order valence-corrected chi connectivity index (χ4v) is 7.65. The Morgan fingerprint density at radius 1 is 1.00 bits per heavy atom. The largest absolute Gasteiger partial charge is 0.390 e. The molecule has 0 amide bonds. The molecule has 0 radical (unpaired) electrons. The lowest BCUT2D eigenvalue weighted by atomic mass is 9.44. The van der Waals surface area contributed by atoms with Gasteiger partial charge in [-0.1, -0.05) is 20.8 Å². The van der Waals surface area contributed by atoms with Crippen LogP contribution in [0.15, 0.2) is 0 Å². The van der Waals surface area contributed by atoms with Crippen LogP contribution in [0.2, 0.25) is 0 Å². The van der Waals surface area contributed by atoms with Crippen molar-refractivity contribution in [1.82, 2.24) is 0 Å². The van der Waals surface area contributed by atoms with E-state index in [0.717, 1.165) is 31.1 Å². The van der Waals surface area contributed by atoms with Crippen molar-refractivity contribution in [2.24, 2.45) is 40.4 Å². The first kappa shape index (κ1) is 16.1. The molecule has 1 N–H and O–H groups in total. The number of hydrogen-bond acceptors (Lipinski definition) is 2. The summed E-state index contributed by atoms with van der Waals surface area (Å²) in [6.45, 7) is 9.11. The van der Waals surface area contributed by atoms with Crippen LogP contribution in [0.3, 0.4) is 0 Å². The van der Waals surface area contributed by atoms with Gasteiger partial charge in [0.15, 0.2) is 0 Å². The van der Waals surface area contributed by atoms with Crippen LogP contribution in [0.1, 0.15) is 79.1 Å². The molecule has 0 aromatic heterocycles. The summed E-state index contributed by atoms with van der Waals surface area (Å²) in [5.74, 6) is 3.65. The molecule has 0 aromatic carbocycles. The smallest absolute Gasteiger partial charge is 0.136 e. The molecule has 0 saturated heterocycles. The molecule has 23 heavy (non-hydrogen) atoms. The van der Waals surface area contributed by atoms with Crippen molar-refractivity contribution in [2.45, 2.75) is 84.7 Å². The maximum absolute atomic E-state index is 12.2. The summed E-state index contributed by atoms with van der Waals surface area (Å²) in [5, 5.41) is 11.0. The summed E-state index contributed by atoms with van der Waals surface area (Å²) in [6.07, 6.45) is 9.11. The highest BCUT2D eigenvalue weighted by Crippen LogP contribution is 2.68. The van der Waals surface area contributed by atoms with Crippen LogP contribution in [-0.4, -0.2) is 16.5 Å². The van der Waals surface area contributed by atoms with Gasteiger partial charge in [-0.15, -0.1) is 0 Å². The fraction of sp³-hybridized carbons (Fsp3) is 0.952. The highest BCUT2D eigenvalue weighted by atomic mass is 16.3. The molecular weight excluding hydrogens is 284 g/mol. The molecule has 3 unspecified atom stereocenters. The van der Waals surface area contributed by atoms with Crippen LogP contribution < -0.4 is 0 Å². The van der Waals surface area contributed by atoms with Gasteiger partial charge in [0, 0.05) is 12.3 Å². The van der Waals surface area contributed by atoms with Crippen LogP contribution in [0.25, 0.3) is 0 Å². The van der Waals surface area contributed by atoms with Crippen molar-refractivity contribution in [3.63, 3.8) is 0 Å². The van der Waals surface area contributed by atoms with Crippen molar-refractivity contribution in [3.8, 4) is 0 Å². The van der Waals surface area contributed by atoms with E-state index >= 15 is 0 Å². The standard InChI is InChI=1S/C21H34O2/c1-13-12-19(2)14(11-18(13)22)5-6-15-16(19)7-9-20(3)17(15)8-10-21(20,4)23/h13-17,23H,5-12H2,1-4H3/t13?,14?,15-,16-,17+,19+,20+,21?/m1/s1. The molecule has 0 aliphatic heterocycles. The van der Waals surface area contributed by atoms with Gasteiger partial charge in [-0.25, -0.2) is 0 Å². The first-order chi connectivity index (χ1) is 10.7. The van der Waals surface area contributed by atoms with E-state index in [1.165, 1.54) is 32.1 Å². The number of carbonyl (C=O) groups is 1. The lowest BCUT2D eigenvalue weighted by Gasteiger charge is -2.61. The molecule has 2 nitrogen and oxygen atoms in total. The van der Waals surface area contributed by atoms with Crippen LogP contribution >= 0.6 is 0 Å². The number of hydrogen-bond donors (Lipinski definition) is 1. The molecule has 0 heterocycles. The summed E-state index contributed by atoms with van der Waals surface area (Å²) < 4.78 is 0. The molecule has 0 spiro atoms. The number of rotatable bonds is 0. The van der Waals surface area contributed by atoms with E-state index in [1.807, 2.05) is 0 Å².